The number of nitrogens with one attached hydrogen (secondary N) is 1. The number of pyridine rings is 1. The number of piperidine rings is 1. The van der Waals surface area contributed by atoms with Gasteiger partial charge in [0.15, 0.2) is 6.61 Å². The van der Waals surface area contributed by atoms with Crippen molar-refractivity contribution >= 4 is 11.8 Å². The molecule has 6 nitrogen and oxygen atoms in total. The summed E-state index contributed by atoms with van der Waals surface area (Å²) < 4.78 is 18.7. The fraction of sp³-hybridized carbons (Fsp3) is 0.296. The monoisotopic (exact) mass is 461 g/mol. The molecule has 0 saturated carbocycles. The van der Waals surface area contributed by atoms with Gasteiger partial charge < -0.3 is 15.0 Å². The Labute approximate surface area is 198 Å². The largest absolute Gasteiger partial charge is 0.484 e. The predicted octanol–water partition coefficient (Wildman–Crippen LogP) is 4.24. The van der Waals surface area contributed by atoms with E-state index in [0.29, 0.717) is 30.9 Å². The van der Waals surface area contributed by atoms with Crippen LogP contribution in [0.4, 0.5) is 4.39 Å². The molecule has 0 radical (unpaired) electrons. The van der Waals surface area contributed by atoms with Gasteiger partial charge in [-0.1, -0.05) is 30.3 Å². The number of para-hydroxylation sites is 1. The number of ether oxygens (including phenoxy) is 1. The van der Waals surface area contributed by atoms with E-state index in [1.54, 1.807) is 12.1 Å². The number of benzene rings is 2. The molecule has 2 amide bonds. The first-order chi connectivity index (χ1) is 16.5. The highest BCUT2D eigenvalue weighted by atomic mass is 19.1. The first-order valence-electron chi connectivity index (χ1n) is 11.5. The number of likely N-dealkylation sites (tertiary alicyclic amines) is 1. The van der Waals surface area contributed by atoms with Crippen LogP contribution in [0.1, 0.15) is 46.1 Å². The summed E-state index contributed by atoms with van der Waals surface area (Å²) in [6.07, 6.45) is 1.46. The minimum Gasteiger partial charge on any atom is -0.484 e. The lowest BCUT2D eigenvalue weighted by atomic mass is 9.89. The van der Waals surface area contributed by atoms with Crippen molar-refractivity contribution in [3.63, 3.8) is 0 Å². The zero-order valence-electron chi connectivity index (χ0n) is 19.2. The lowest BCUT2D eigenvalue weighted by Gasteiger charge is -2.32. The van der Waals surface area contributed by atoms with Crippen LogP contribution in [0.15, 0.2) is 66.7 Å². The third-order valence-electron chi connectivity index (χ3n) is 6.01. The highest BCUT2D eigenvalue weighted by Crippen LogP contribution is 2.29. The average molecular weight is 462 g/mol. The van der Waals surface area contributed by atoms with Crippen LogP contribution in [0.2, 0.25) is 0 Å². The minimum absolute atomic E-state index is 0.00835. The van der Waals surface area contributed by atoms with Crippen molar-refractivity contribution in [2.75, 3.05) is 19.7 Å². The van der Waals surface area contributed by atoms with E-state index in [9.17, 15) is 14.0 Å². The molecular weight excluding hydrogens is 433 g/mol. The highest BCUT2D eigenvalue weighted by molar-refractivity contribution is 5.95. The SMILES string of the molecule is Cc1ccc(C(=O)NCc2ccc(F)cc2)c(C2CCN(C(=O)COc3ccccc3)CC2)n1. The number of carbonyl (C=O) groups excluding carboxylic acids is 2. The molecule has 2 heterocycles. The van der Waals surface area contributed by atoms with Gasteiger partial charge in [-0.05, 0) is 61.7 Å². The summed E-state index contributed by atoms with van der Waals surface area (Å²) in [5.74, 6) is 0.200. The first-order valence-corrected chi connectivity index (χ1v) is 11.5. The molecule has 2 aromatic carbocycles. The molecule has 34 heavy (non-hydrogen) atoms. The van der Waals surface area contributed by atoms with Gasteiger partial charge in [0.1, 0.15) is 11.6 Å². The molecule has 1 fully saturated rings. The van der Waals surface area contributed by atoms with Crippen LogP contribution in [0, 0.1) is 12.7 Å². The summed E-state index contributed by atoms with van der Waals surface area (Å²) in [4.78, 5) is 32.0. The van der Waals surface area contributed by atoms with Crippen molar-refractivity contribution < 1.29 is 18.7 Å². The summed E-state index contributed by atoms with van der Waals surface area (Å²) >= 11 is 0. The number of aryl methyl sites for hydroxylation is 1. The predicted molar refractivity (Wildman–Crippen MR) is 127 cm³/mol. The van der Waals surface area contributed by atoms with Crippen LogP contribution in [-0.2, 0) is 11.3 Å². The molecule has 0 bridgehead atoms. The molecule has 3 aromatic rings. The maximum atomic E-state index is 13.1. The second-order valence-electron chi connectivity index (χ2n) is 8.45. The summed E-state index contributed by atoms with van der Waals surface area (Å²) in [6, 6.07) is 19.0. The van der Waals surface area contributed by atoms with Gasteiger partial charge in [-0.3, -0.25) is 14.6 Å². The smallest absolute Gasteiger partial charge is 0.260 e. The first kappa shape index (κ1) is 23.4. The fourth-order valence-corrected chi connectivity index (χ4v) is 4.12. The van der Waals surface area contributed by atoms with Gasteiger partial charge in [0.05, 0.1) is 11.3 Å². The Morgan fingerprint density at radius 3 is 2.44 bits per heavy atom. The van der Waals surface area contributed by atoms with Crippen LogP contribution in [0.25, 0.3) is 0 Å². The average Bonchev–Trinajstić information content (AvgIpc) is 2.87. The summed E-state index contributed by atoms with van der Waals surface area (Å²) in [5, 5.41) is 2.91. The normalized spacial score (nSPS) is 14.0. The van der Waals surface area contributed by atoms with Crippen LogP contribution in [0.3, 0.4) is 0 Å². The molecule has 0 aliphatic carbocycles. The van der Waals surface area contributed by atoms with E-state index in [2.05, 4.69) is 5.32 Å². The molecule has 0 atom stereocenters. The van der Waals surface area contributed by atoms with Crippen molar-refractivity contribution in [3.8, 4) is 5.75 Å². The number of carbonyl (C=O) groups is 2. The molecule has 1 aliphatic heterocycles. The number of hydrogen-bond donors (Lipinski definition) is 1. The standard InChI is InChI=1S/C27H28FN3O3/c1-19-7-12-24(27(33)29-17-20-8-10-22(28)11-9-20)26(30-19)21-13-15-31(16-14-21)25(32)18-34-23-5-3-2-4-6-23/h2-12,21H,13-18H2,1H3,(H,29,33). The van der Waals surface area contributed by atoms with E-state index in [-0.39, 0.29) is 30.2 Å². The molecule has 1 aliphatic rings. The molecular formula is C27H28FN3O3. The zero-order valence-corrected chi connectivity index (χ0v) is 19.2. The number of rotatable bonds is 7. The van der Waals surface area contributed by atoms with Crippen LogP contribution in [-0.4, -0.2) is 41.4 Å². The van der Waals surface area contributed by atoms with E-state index in [1.165, 1.54) is 12.1 Å². The van der Waals surface area contributed by atoms with Gasteiger partial charge in [-0.15, -0.1) is 0 Å². The Morgan fingerprint density at radius 2 is 1.74 bits per heavy atom. The van der Waals surface area contributed by atoms with Crippen molar-refractivity contribution in [2.45, 2.75) is 32.2 Å². The zero-order chi connectivity index (χ0) is 23.9. The molecule has 0 spiro atoms. The highest BCUT2D eigenvalue weighted by Gasteiger charge is 2.28. The lowest BCUT2D eigenvalue weighted by molar-refractivity contribution is -0.134. The Hall–Kier alpha value is -3.74. The number of halogens is 1. The number of amides is 2. The van der Waals surface area contributed by atoms with E-state index < -0.39 is 0 Å². The molecule has 1 N–H and O–H groups in total. The van der Waals surface area contributed by atoms with Crippen LogP contribution in [0.5, 0.6) is 5.75 Å². The lowest BCUT2D eigenvalue weighted by Crippen LogP contribution is -2.41. The van der Waals surface area contributed by atoms with Gasteiger partial charge in [0.25, 0.3) is 11.8 Å². The second kappa shape index (κ2) is 10.9. The second-order valence-corrected chi connectivity index (χ2v) is 8.45. The summed E-state index contributed by atoms with van der Waals surface area (Å²) in [7, 11) is 0. The van der Waals surface area contributed by atoms with Gasteiger partial charge in [-0.2, -0.15) is 0 Å². The quantitative estimate of drug-likeness (QED) is 0.571. The maximum Gasteiger partial charge on any atom is 0.260 e. The Morgan fingerprint density at radius 1 is 1.03 bits per heavy atom. The summed E-state index contributed by atoms with van der Waals surface area (Å²) in [6.45, 7) is 3.40. The molecule has 4 rings (SSSR count). The van der Waals surface area contributed by atoms with E-state index >= 15 is 0 Å². The summed E-state index contributed by atoms with van der Waals surface area (Å²) in [5.41, 5.74) is 2.98. The minimum atomic E-state index is -0.309. The molecule has 0 unspecified atom stereocenters. The fourth-order valence-electron chi connectivity index (χ4n) is 4.12. The third-order valence-corrected chi connectivity index (χ3v) is 6.01. The van der Waals surface area contributed by atoms with Gasteiger partial charge in [0.2, 0.25) is 0 Å². The topological polar surface area (TPSA) is 71.5 Å². The Kier molecular flexibility index (Phi) is 7.52. The van der Waals surface area contributed by atoms with Crippen molar-refractivity contribution in [3.05, 3.63) is 95.1 Å². The molecule has 1 aromatic heterocycles. The Bertz CT molecular complexity index is 1130. The van der Waals surface area contributed by atoms with E-state index in [4.69, 9.17) is 9.72 Å². The molecule has 1 saturated heterocycles. The van der Waals surface area contributed by atoms with Gasteiger partial charge >= 0.3 is 0 Å². The molecule has 7 heteroatoms. The van der Waals surface area contributed by atoms with Gasteiger partial charge in [-0.25, -0.2) is 4.39 Å². The van der Waals surface area contributed by atoms with Crippen molar-refractivity contribution in [1.82, 2.24) is 15.2 Å². The van der Waals surface area contributed by atoms with Crippen molar-refractivity contribution in [1.29, 1.82) is 0 Å². The van der Waals surface area contributed by atoms with E-state index in [0.717, 1.165) is 29.8 Å². The molecule has 176 valence electrons. The number of nitrogens with zero attached hydrogens (tertiary/aromatic N) is 2. The number of aromatic nitrogens is 1. The van der Waals surface area contributed by atoms with Crippen LogP contribution >= 0.6 is 0 Å². The number of hydrogen-bond acceptors (Lipinski definition) is 4. The Balaban J connectivity index is 1.35. The third kappa shape index (κ3) is 5.98. The van der Waals surface area contributed by atoms with Crippen molar-refractivity contribution in [2.24, 2.45) is 0 Å². The van der Waals surface area contributed by atoms with E-state index in [1.807, 2.05) is 54.3 Å². The van der Waals surface area contributed by atoms with Gasteiger partial charge in [0, 0.05) is 31.2 Å². The van der Waals surface area contributed by atoms with Crippen LogP contribution < -0.4 is 10.1 Å². The maximum absolute atomic E-state index is 13.1.